The number of amides is 4. The van der Waals surface area contributed by atoms with Crippen LogP contribution in [0.1, 0.15) is 129 Å². The molecule has 222 valence electrons. The molecule has 0 heterocycles. The summed E-state index contributed by atoms with van der Waals surface area (Å²) in [5.41, 5.74) is 0. The predicted octanol–water partition coefficient (Wildman–Crippen LogP) is 5.20. The van der Waals surface area contributed by atoms with E-state index in [-0.39, 0.29) is 49.3 Å². The molecule has 0 aliphatic rings. The zero-order chi connectivity index (χ0) is 28.4. The van der Waals surface area contributed by atoms with E-state index in [2.05, 4.69) is 24.5 Å². The van der Waals surface area contributed by atoms with Gasteiger partial charge in [0.25, 0.3) is 0 Å². The molecular weight excluding hydrogens is 480 g/mol. The summed E-state index contributed by atoms with van der Waals surface area (Å²) in [6, 6.07) is 0. The number of carbonyl (C=O) groups excluding carboxylic acids is 4. The highest BCUT2D eigenvalue weighted by molar-refractivity contribution is 5.84. The lowest BCUT2D eigenvalue weighted by Gasteiger charge is -2.17. The van der Waals surface area contributed by atoms with Crippen molar-refractivity contribution < 1.29 is 19.2 Å². The van der Waals surface area contributed by atoms with E-state index in [1.807, 2.05) is 14.1 Å². The van der Waals surface area contributed by atoms with Crippen LogP contribution in [0.5, 0.6) is 0 Å². The second kappa shape index (κ2) is 25.2. The summed E-state index contributed by atoms with van der Waals surface area (Å²) in [5.74, 6) is -0.0731. The summed E-state index contributed by atoms with van der Waals surface area (Å²) in [5, 5.41) is 5.79. The Morgan fingerprint density at radius 3 is 1.18 bits per heavy atom. The standard InChI is InChI=1S/C30H58N4O4/c1-5-7-9-13-17-25-33(3)29(37)21-19-27(35)31-23-15-11-12-16-24-32-28(36)20-22-30(38)34(4)26-18-14-10-8-6-2/h5-26H2,1-4H3,(H,31,35)(H,32,36). The van der Waals surface area contributed by atoms with Gasteiger partial charge in [-0.3, -0.25) is 19.2 Å². The summed E-state index contributed by atoms with van der Waals surface area (Å²) in [7, 11) is 3.63. The average Bonchev–Trinajstić information content (AvgIpc) is 2.91. The van der Waals surface area contributed by atoms with E-state index in [0.717, 1.165) is 64.5 Å². The van der Waals surface area contributed by atoms with E-state index in [1.54, 1.807) is 9.80 Å². The van der Waals surface area contributed by atoms with Gasteiger partial charge in [0.2, 0.25) is 23.6 Å². The lowest BCUT2D eigenvalue weighted by atomic mass is 10.1. The molecule has 0 fully saturated rings. The zero-order valence-electron chi connectivity index (χ0n) is 25.1. The van der Waals surface area contributed by atoms with Gasteiger partial charge in [-0.15, -0.1) is 0 Å². The molecule has 0 aromatic carbocycles. The highest BCUT2D eigenvalue weighted by Gasteiger charge is 2.12. The first-order chi connectivity index (χ1) is 18.3. The van der Waals surface area contributed by atoms with Crippen LogP contribution in [0.3, 0.4) is 0 Å². The van der Waals surface area contributed by atoms with Gasteiger partial charge >= 0.3 is 0 Å². The molecule has 0 aliphatic heterocycles. The van der Waals surface area contributed by atoms with Crippen molar-refractivity contribution in [1.29, 1.82) is 0 Å². The fraction of sp³-hybridized carbons (Fsp3) is 0.867. The van der Waals surface area contributed by atoms with Crippen molar-refractivity contribution in [2.45, 2.75) is 129 Å². The van der Waals surface area contributed by atoms with Crippen molar-refractivity contribution in [3.05, 3.63) is 0 Å². The van der Waals surface area contributed by atoms with E-state index in [4.69, 9.17) is 0 Å². The minimum Gasteiger partial charge on any atom is -0.356 e. The normalized spacial score (nSPS) is 10.7. The molecule has 38 heavy (non-hydrogen) atoms. The Kier molecular flexibility index (Phi) is 23.8. The summed E-state index contributed by atoms with van der Waals surface area (Å²) in [4.78, 5) is 51.8. The number of hydrogen-bond acceptors (Lipinski definition) is 4. The molecule has 0 radical (unpaired) electrons. The van der Waals surface area contributed by atoms with Crippen LogP contribution in [0.15, 0.2) is 0 Å². The van der Waals surface area contributed by atoms with E-state index in [0.29, 0.717) is 13.1 Å². The topological polar surface area (TPSA) is 98.8 Å². The Bertz CT molecular complexity index is 588. The molecule has 0 saturated carbocycles. The van der Waals surface area contributed by atoms with Crippen molar-refractivity contribution in [2.75, 3.05) is 40.3 Å². The van der Waals surface area contributed by atoms with Crippen molar-refractivity contribution in [3.8, 4) is 0 Å². The molecule has 0 saturated heterocycles. The van der Waals surface area contributed by atoms with Crippen molar-refractivity contribution in [2.24, 2.45) is 0 Å². The van der Waals surface area contributed by atoms with Gasteiger partial charge in [-0.2, -0.15) is 0 Å². The first kappa shape index (κ1) is 35.9. The lowest BCUT2D eigenvalue weighted by Crippen LogP contribution is -2.30. The molecule has 0 aromatic rings. The summed E-state index contributed by atoms with van der Waals surface area (Å²) in [6.07, 6.45) is 16.4. The maximum atomic E-state index is 12.2. The van der Waals surface area contributed by atoms with Gasteiger partial charge in [-0.25, -0.2) is 0 Å². The number of carbonyl (C=O) groups is 4. The zero-order valence-corrected chi connectivity index (χ0v) is 25.1. The molecule has 8 heteroatoms. The largest absolute Gasteiger partial charge is 0.356 e. The average molecular weight is 539 g/mol. The molecule has 0 atom stereocenters. The quantitative estimate of drug-likeness (QED) is 0.156. The minimum atomic E-state index is -0.0707. The van der Waals surface area contributed by atoms with E-state index in [9.17, 15) is 19.2 Å². The maximum Gasteiger partial charge on any atom is 0.222 e. The third kappa shape index (κ3) is 21.9. The van der Waals surface area contributed by atoms with Crippen molar-refractivity contribution in [3.63, 3.8) is 0 Å². The summed E-state index contributed by atoms with van der Waals surface area (Å²) < 4.78 is 0. The highest BCUT2D eigenvalue weighted by atomic mass is 16.2. The first-order valence-corrected chi connectivity index (χ1v) is 15.3. The molecule has 8 nitrogen and oxygen atoms in total. The first-order valence-electron chi connectivity index (χ1n) is 15.3. The Morgan fingerprint density at radius 2 is 0.816 bits per heavy atom. The van der Waals surface area contributed by atoms with E-state index >= 15 is 0 Å². The van der Waals surface area contributed by atoms with Crippen LogP contribution in [0.25, 0.3) is 0 Å². The minimum absolute atomic E-state index is 0.0341. The van der Waals surface area contributed by atoms with Crippen LogP contribution >= 0.6 is 0 Å². The molecule has 0 rings (SSSR count). The van der Waals surface area contributed by atoms with Gasteiger partial charge in [0, 0.05) is 66.0 Å². The fourth-order valence-electron chi connectivity index (χ4n) is 4.21. The van der Waals surface area contributed by atoms with Gasteiger partial charge in [-0.05, 0) is 25.7 Å². The third-order valence-corrected chi connectivity index (χ3v) is 6.93. The molecule has 0 spiro atoms. The van der Waals surface area contributed by atoms with Gasteiger partial charge in [0.1, 0.15) is 0 Å². The lowest BCUT2D eigenvalue weighted by molar-refractivity contribution is -0.132. The Morgan fingerprint density at radius 1 is 0.474 bits per heavy atom. The number of nitrogens with zero attached hydrogens (tertiary/aromatic N) is 2. The van der Waals surface area contributed by atoms with Crippen LogP contribution in [0.2, 0.25) is 0 Å². The van der Waals surface area contributed by atoms with Crippen molar-refractivity contribution >= 4 is 23.6 Å². The number of nitrogens with one attached hydrogen (secondary N) is 2. The Labute approximate surface area is 233 Å². The summed E-state index contributed by atoms with van der Waals surface area (Å²) >= 11 is 0. The molecule has 0 aromatic heterocycles. The molecular formula is C30H58N4O4. The fourth-order valence-corrected chi connectivity index (χ4v) is 4.21. The second-order valence-electron chi connectivity index (χ2n) is 10.6. The maximum absolute atomic E-state index is 12.2. The van der Waals surface area contributed by atoms with E-state index < -0.39 is 0 Å². The molecule has 0 bridgehead atoms. The second-order valence-corrected chi connectivity index (χ2v) is 10.6. The smallest absolute Gasteiger partial charge is 0.222 e. The Balaban J connectivity index is 3.64. The molecule has 0 aliphatic carbocycles. The van der Waals surface area contributed by atoms with Gasteiger partial charge < -0.3 is 20.4 Å². The number of hydrogen-bond donors (Lipinski definition) is 2. The van der Waals surface area contributed by atoms with E-state index in [1.165, 1.54) is 38.5 Å². The predicted molar refractivity (Wildman–Crippen MR) is 156 cm³/mol. The van der Waals surface area contributed by atoms with Gasteiger partial charge in [0.05, 0.1) is 0 Å². The SMILES string of the molecule is CCCCCCCN(C)C(=O)CCC(=O)NCCCCCCNC(=O)CCC(=O)N(C)CCCCCCC. The monoisotopic (exact) mass is 538 g/mol. The summed E-state index contributed by atoms with van der Waals surface area (Å²) in [6.45, 7) is 7.13. The van der Waals surface area contributed by atoms with Gasteiger partial charge in [-0.1, -0.05) is 78.1 Å². The highest BCUT2D eigenvalue weighted by Crippen LogP contribution is 2.06. The van der Waals surface area contributed by atoms with Crippen molar-refractivity contribution in [1.82, 2.24) is 20.4 Å². The third-order valence-electron chi connectivity index (χ3n) is 6.93. The number of unbranched alkanes of at least 4 members (excludes halogenated alkanes) is 11. The van der Waals surface area contributed by atoms with Crippen LogP contribution in [0, 0.1) is 0 Å². The van der Waals surface area contributed by atoms with Gasteiger partial charge in [0.15, 0.2) is 0 Å². The molecule has 4 amide bonds. The van der Waals surface area contributed by atoms with Crippen LogP contribution in [0.4, 0.5) is 0 Å². The van der Waals surface area contributed by atoms with Crippen LogP contribution in [-0.2, 0) is 19.2 Å². The Hall–Kier alpha value is -2.12. The number of rotatable bonds is 25. The molecule has 0 unspecified atom stereocenters. The molecule has 2 N–H and O–H groups in total. The van der Waals surface area contributed by atoms with Crippen LogP contribution in [-0.4, -0.2) is 73.7 Å². The van der Waals surface area contributed by atoms with Crippen LogP contribution < -0.4 is 10.6 Å².